The van der Waals surface area contributed by atoms with Crippen LogP contribution in [0.1, 0.15) is 18.6 Å². The Balaban J connectivity index is 2.31. The Kier molecular flexibility index (Phi) is 4.49. The van der Waals surface area contributed by atoms with Crippen molar-refractivity contribution in [3.63, 3.8) is 0 Å². The van der Waals surface area contributed by atoms with E-state index in [2.05, 4.69) is 4.98 Å². The number of ether oxygens (including phenoxy) is 1. The van der Waals surface area contributed by atoms with E-state index in [0.29, 0.717) is 25.5 Å². The molecule has 13 heavy (non-hydrogen) atoms. The highest BCUT2D eigenvalue weighted by molar-refractivity contribution is 4.94. The van der Waals surface area contributed by atoms with Gasteiger partial charge in [-0.25, -0.2) is 4.98 Å². The number of oxazole rings is 1. The molecule has 1 aromatic heterocycles. The molecule has 0 radical (unpaired) electrons. The minimum absolute atomic E-state index is 0.575. The van der Waals surface area contributed by atoms with Crippen LogP contribution in [0.3, 0.4) is 0 Å². The molecule has 4 nitrogen and oxygen atoms in total. The van der Waals surface area contributed by atoms with Gasteiger partial charge in [-0.3, -0.25) is 0 Å². The standard InChI is InChI=1S/C9H16N2O2/c1-2-12-6-4-8-7-11-9(13-8)3-5-10/h7H,2-6,10H2,1H3. The van der Waals surface area contributed by atoms with E-state index in [0.717, 1.165) is 18.8 Å². The summed E-state index contributed by atoms with van der Waals surface area (Å²) in [6.45, 7) is 3.98. The number of nitrogens with two attached hydrogens (primary N) is 1. The fourth-order valence-electron chi connectivity index (χ4n) is 1.02. The third kappa shape index (κ3) is 3.57. The third-order valence-corrected chi connectivity index (χ3v) is 1.66. The average Bonchev–Trinajstić information content (AvgIpc) is 2.54. The molecule has 1 heterocycles. The first kappa shape index (κ1) is 10.2. The van der Waals surface area contributed by atoms with Crippen molar-refractivity contribution >= 4 is 0 Å². The highest BCUT2D eigenvalue weighted by atomic mass is 16.5. The van der Waals surface area contributed by atoms with Gasteiger partial charge in [0.25, 0.3) is 0 Å². The second kappa shape index (κ2) is 5.72. The minimum atomic E-state index is 0.575. The van der Waals surface area contributed by atoms with Crippen LogP contribution in [0, 0.1) is 0 Å². The predicted octanol–water partition coefficient (Wildman–Crippen LogP) is 0.755. The van der Waals surface area contributed by atoms with E-state index in [9.17, 15) is 0 Å². The lowest BCUT2D eigenvalue weighted by Crippen LogP contribution is -2.02. The smallest absolute Gasteiger partial charge is 0.195 e. The van der Waals surface area contributed by atoms with Gasteiger partial charge < -0.3 is 14.9 Å². The molecule has 0 atom stereocenters. The van der Waals surface area contributed by atoms with Gasteiger partial charge in [0.05, 0.1) is 12.8 Å². The zero-order valence-corrected chi connectivity index (χ0v) is 7.95. The fourth-order valence-corrected chi connectivity index (χ4v) is 1.02. The summed E-state index contributed by atoms with van der Waals surface area (Å²) in [7, 11) is 0. The molecule has 1 aromatic rings. The van der Waals surface area contributed by atoms with Gasteiger partial charge in [0.1, 0.15) is 5.76 Å². The van der Waals surface area contributed by atoms with Gasteiger partial charge >= 0.3 is 0 Å². The molecule has 2 N–H and O–H groups in total. The number of hydrogen-bond acceptors (Lipinski definition) is 4. The van der Waals surface area contributed by atoms with Gasteiger partial charge in [0.15, 0.2) is 5.89 Å². The lowest BCUT2D eigenvalue weighted by molar-refractivity contribution is 0.146. The van der Waals surface area contributed by atoms with E-state index in [-0.39, 0.29) is 0 Å². The first-order valence-corrected chi connectivity index (χ1v) is 4.58. The number of aromatic nitrogens is 1. The van der Waals surface area contributed by atoms with Crippen molar-refractivity contribution < 1.29 is 9.15 Å². The number of nitrogens with zero attached hydrogens (tertiary/aromatic N) is 1. The summed E-state index contributed by atoms with van der Waals surface area (Å²) in [5.74, 6) is 1.59. The third-order valence-electron chi connectivity index (χ3n) is 1.66. The Morgan fingerprint density at radius 2 is 2.38 bits per heavy atom. The van der Waals surface area contributed by atoms with Crippen LogP contribution in [-0.4, -0.2) is 24.7 Å². The molecular formula is C9H16N2O2. The summed E-state index contributed by atoms with van der Waals surface area (Å²) in [4.78, 5) is 4.08. The van der Waals surface area contributed by atoms with Crippen LogP contribution in [0.4, 0.5) is 0 Å². The van der Waals surface area contributed by atoms with Crippen LogP contribution in [0.15, 0.2) is 10.6 Å². The summed E-state index contributed by atoms with van der Waals surface area (Å²) in [6.07, 6.45) is 3.23. The van der Waals surface area contributed by atoms with Gasteiger partial charge in [-0.2, -0.15) is 0 Å². The zero-order chi connectivity index (χ0) is 9.52. The molecule has 0 aliphatic heterocycles. The Bertz CT molecular complexity index is 235. The molecule has 0 saturated carbocycles. The number of hydrogen-bond donors (Lipinski definition) is 1. The zero-order valence-electron chi connectivity index (χ0n) is 7.95. The SMILES string of the molecule is CCOCCc1cnc(CCN)o1. The van der Waals surface area contributed by atoms with E-state index in [1.807, 2.05) is 6.92 Å². The van der Waals surface area contributed by atoms with Crippen molar-refractivity contribution in [2.75, 3.05) is 19.8 Å². The Morgan fingerprint density at radius 3 is 3.08 bits per heavy atom. The molecule has 74 valence electrons. The van der Waals surface area contributed by atoms with E-state index >= 15 is 0 Å². The molecule has 0 spiro atoms. The van der Waals surface area contributed by atoms with Gasteiger partial charge in [-0.05, 0) is 6.92 Å². The number of rotatable bonds is 6. The Morgan fingerprint density at radius 1 is 1.54 bits per heavy atom. The second-order valence-electron chi connectivity index (χ2n) is 2.71. The fraction of sp³-hybridized carbons (Fsp3) is 0.667. The van der Waals surface area contributed by atoms with Crippen LogP contribution in [0.25, 0.3) is 0 Å². The second-order valence-corrected chi connectivity index (χ2v) is 2.71. The molecule has 0 amide bonds. The van der Waals surface area contributed by atoms with Gasteiger partial charge in [0.2, 0.25) is 0 Å². The lowest BCUT2D eigenvalue weighted by atomic mass is 10.4. The van der Waals surface area contributed by atoms with Crippen molar-refractivity contribution in [2.24, 2.45) is 5.73 Å². The minimum Gasteiger partial charge on any atom is -0.446 e. The summed E-state index contributed by atoms with van der Waals surface area (Å²) in [6, 6.07) is 0. The van der Waals surface area contributed by atoms with E-state index in [1.165, 1.54) is 0 Å². The van der Waals surface area contributed by atoms with E-state index in [1.54, 1.807) is 6.20 Å². The van der Waals surface area contributed by atoms with Gasteiger partial charge in [-0.15, -0.1) is 0 Å². The maximum Gasteiger partial charge on any atom is 0.195 e. The summed E-state index contributed by atoms with van der Waals surface area (Å²) < 4.78 is 10.6. The van der Waals surface area contributed by atoms with Crippen molar-refractivity contribution in [1.29, 1.82) is 0 Å². The Labute approximate surface area is 78.1 Å². The quantitative estimate of drug-likeness (QED) is 0.663. The molecule has 0 aromatic carbocycles. The van der Waals surface area contributed by atoms with Crippen molar-refractivity contribution in [2.45, 2.75) is 19.8 Å². The molecular weight excluding hydrogens is 168 g/mol. The van der Waals surface area contributed by atoms with Crippen molar-refractivity contribution in [3.05, 3.63) is 17.8 Å². The summed E-state index contributed by atoms with van der Waals surface area (Å²) in [5, 5.41) is 0. The topological polar surface area (TPSA) is 61.3 Å². The van der Waals surface area contributed by atoms with Crippen molar-refractivity contribution in [3.8, 4) is 0 Å². The first-order chi connectivity index (χ1) is 6.36. The monoisotopic (exact) mass is 184 g/mol. The molecule has 0 fully saturated rings. The molecule has 0 bridgehead atoms. The van der Waals surface area contributed by atoms with Gasteiger partial charge in [-0.1, -0.05) is 0 Å². The molecule has 0 saturated heterocycles. The molecule has 4 heteroatoms. The van der Waals surface area contributed by atoms with E-state index < -0.39 is 0 Å². The van der Waals surface area contributed by atoms with Crippen LogP contribution in [0.5, 0.6) is 0 Å². The molecule has 0 unspecified atom stereocenters. The van der Waals surface area contributed by atoms with Crippen molar-refractivity contribution in [1.82, 2.24) is 4.98 Å². The predicted molar refractivity (Wildman–Crippen MR) is 49.5 cm³/mol. The molecule has 0 aliphatic carbocycles. The normalized spacial score (nSPS) is 10.6. The maximum atomic E-state index is 5.40. The average molecular weight is 184 g/mol. The maximum absolute atomic E-state index is 5.40. The first-order valence-electron chi connectivity index (χ1n) is 4.58. The molecule has 0 aliphatic rings. The Hall–Kier alpha value is -0.870. The lowest BCUT2D eigenvalue weighted by Gasteiger charge is -1.96. The highest BCUT2D eigenvalue weighted by Crippen LogP contribution is 2.04. The van der Waals surface area contributed by atoms with Crippen LogP contribution in [-0.2, 0) is 17.6 Å². The van der Waals surface area contributed by atoms with E-state index in [4.69, 9.17) is 14.9 Å². The molecule has 1 rings (SSSR count). The van der Waals surface area contributed by atoms with Gasteiger partial charge in [0, 0.05) is 26.0 Å². The summed E-state index contributed by atoms with van der Waals surface area (Å²) >= 11 is 0. The van der Waals surface area contributed by atoms with Crippen LogP contribution < -0.4 is 5.73 Å². The largest absolute Gasteiger partial charge is 0.446 e. The van der Waals surface area contributed by atoms with Crippen LogP contribution in [0.2, 0.25) is 0 Å². The van der Waals surface area contributed by atoms with Crippen LogP contribution >= 0.6 is 0 Å². The summed E-state index contributed by atoms with van der Waals surface area (Å²) in [5.41, 5.74) is 5.37. The highest BCUT2D eigenvalue weighted by Gasteiger charge is 2.02.